The number of ketones is 1. The minimum Gasteiger partial charge on any atom is -0.354 e. The zero-order valence-corrected chi connectivity index (χ0v) is 13.5. The van der Waals surface area contributed by atoms with Gasteiger partial charge in [0.05, 0.1) is 6.54 Å². The van der Waals surface area contributed by atoms with E-state index in [1.54, 1.807) is 13.8 Å². The van der Waals surface area contributed by atoms with Crippen molar-refractivity contribution in [3.05, 3.63) is 0 Å². The molecule has 1 amide bonds. The zero-order chi connectivity index (χ0) is 15.2. The van der Waals surface area contributed by atoms with Crippen LogP contribution in [0.25, 0.3) is 0 Å². The molecule has 0 spiro atoms. The van der Waals surface area contributed by atoms with E-state index in [1.807, 2.05) is 0 Å². The van der Waals surface area contributed by atoms with E-state index in [0.717, 1.165) is 24.7 Å². The van der Waals surface area contributed by atoms with Gasteiger partial charge in [-0.25, -0.2) is 0 Å². The molecule has 0 aliphatic heterocycles. The molecule has 0 unspecified atom stereocenters. The van der Waals surface area contributed by atoms with Crippen LogP contribution in [0.5, 0.6) is 0 Å². The molecule has 2 rings (SSSR count). The van der Waals surface area contributed by atoms with Crippen LogP contribution in [0.4, 0.5) is 0 Å². The van der Waals surface area contributed by atoms with E-state index in [-0.39, 0.29) is 11.7 Å². The lowest BCUT2D eigenvalue weighted by Crippen LogP contribution is -2.40. The Balaban J connectivity index is 1.67. The summed E-state index contributed by atoms with van der Waals surface area (Å²) < 4.78 is 0. The largest absolute Gasteiger partial charge is 0.354 e. The highest BCUT2D eigenvalue weighted by Gasteiger charge is 2.30. The highest BCUT2D eigenvalue weighted by molar-refractivity contribution is 5.77. The van der Waals surface area contributed by atoms with Crippen molar-refractivity contribution in [2.45, 2.75) is 77.3 Å². The average molecular weight is 294 g/mol. The maximum Gasteiger partial charge on any atom is 0.217 e. The molecule has 2 aliphatic rings. The summed E-state index contributed by atoms with van der Waals surface area (Å²) in [7, 11) is 0. The lowest BCUT2D eigenvalue weighted by molar-refractivity contribution is -0.120. The Kier molecular flexibility index (Phi) is 6.22. The summed E-state index contributed by atoms with van der Waals surface area (Å²) >= 11 is 0. The van der Waals surface area contributed by atoms with Crippen LogP contribution in [0, 0.1) is 11.8 Å². The van der Waals surface area contributed by atoms with E-state index in [9.17, 15) is 9.59 Å². The number of carbonyl (C=O) groups is 2. The Labute approximate surface area is 128 Å². The Morgan fingerprint density at radius 3 is 1.71 bits per heavy atom. The molecule has 2 fully saturated rings. The number of rotatable bonds is 5. The summed E-state index contributed by atoms with van der Waals surface area (Å²) in [5.41, 5.74) is 0. The number of Topliss-reactive ketones (excluding diaryl/α,β-unsaturated/α-hetero) is 1. The fraction of sp³-hybridized carbons (Fsp3) is 0.882. The van der Waals surface area contributed by atoms with Crippen LogP contribution >= 0.6 is 0 Å². The fourth-order valence-electron chi connectivity index (χ4n) is 4.11. The van der Waals surface area contributed by atoms with Gasteiger partial charge < -0.3 is 10.6 Å². The molecule has 0 atom stereocenters. The molecule has 2 N–H and O–H groups in total. The van der Waals surface area contributed by atoms with Gasteiger partial charge in [0.15, 0.2) is 0 Å². The number of hydrogen-bond acceptors (Lipinski definition) is 3. The van der Waals surface area contributed by atoms with E-state index in [2.05, 4.69) is 10.6 Å². The molecule has 0 bridgehead atoms. The van der Waals surface area contributed by atoms with Gasteiger partial charge in [0.25, 0.3) is 0 Å². The highest BCUT2D eigenvalue weighted by Crippen LogP contribution is 2.38. The van der Waals surface area contributed by atoms with E-state index < -0.39 is 0 Å². The van der Waals surface area contributed by atoms with Gasteiger partial charge in [0, 0.05) is 19.0 Å². The molecule has 0 saturated heterocycles. The minimum absolute atomic E-state index is 0.107. The molecule has 2 saturated carbocycles. The summed E-state index contributed by atoms with van der Waals surface area (Å²) in [6.45, 7) is 3.78. The second-order valence-electron chi connectivity index (χ2n) is 7.01. The van der Waals surface area contributed by atoms with Crippen LogP contribution in [-0.4, -0.2) is 30.3 Å². The summed E-state index contributed by atoms with van der Waals surface area (Å²) in [6.07, 6.45) is 9.84. The predicted octanol–water partition coefficient (Wildman–Crippen LogP) is 2.42. The van der Waals surface area contributed by atoms with Crippen LogP contribution in [0.3, 0.4) is 0 Å². The third kappa shape index (κ3) is 5.42. The summed E-state index contributed by atoms with van der Waals surface area (Å²) in [4.78, 5) is 22.1. The van der Waals surface area contributed by atoms with E-state index >= 15 is 0 Å². The maximum atomic E-state index is 11.1. The molecule has 0 heterocycles. The van der Waals surface area contributed by atoms with Crippen LogP contribution in [-0.2, 0) is 9.59 Å². The van der Waals surface area contributed by atoms with Crippen LogP contribution in [0.15, 0.2) is 0 Å². The van der Waals surface area contributed by atoms with Gasteiger partial charge in [-0.2, -0.15) is 0 Å². The van der Waals surface area contributed by atoms with Crippen molar-refractivity contribution in [3.63, 3.8) is 0 Å². The maximum absolute atomic E-state index is 11.1. The van der Waals surface area contributed by atoms with E-state index in [0.29, 0.717) is 18.6 Å². The average Bonchev–Trinajstić information content (AvgIpc) is 2.46. The first-order chi connectivity index (χ1) is 10.0. The van der Waals surface area contributed by atoms with Crippen molar-refractivity contribution in [1.29, 1.82) is 0 Å². The Hall–Kier alpha value is -0.900. The first-order valence-electron chi connectivity index (χ1n) is 8.54. The second kappa shape index (κ2) is 7.92. The first-order valence-corrected chi connectivity index (χ1v) is 8.54. The summed E-state index contributed by atoms with van der Waals surface area (Å²) in [6, 6.07) is 0.952. The quantitative estimate of drug-likeness (QED) is 0.818. The van der Waals surface area contributed by atoms with Crippen LogP contribution < -0.4 is 10.6 Å². The second-order valence-corrected chi connectivity index (χ2v) is 7.01. The van der Waals surface area contributed by atoms with E-state index in [4.69, 9.17) is 0 Å². The van der Waals surface area contributed by atoms with Crippen molar-refractivity contribution < 1.29 is 9.59 Å². The minimum atomic E-state index is 0.107. The third-order valence-electron chi connectivity index (χ3n) is 5.26. The normalized spacial score (nSPS) is 33.4. The zero-order valence-electron chi connectivity index (χ0n) is 13.5. The monoisotopic (exact) mass is 294 g/mol. The molecular formula is C17H30N2O2. The van der Waals surface area contributed by atoms with Crippen molar-refractivity contribution in [2.24, 2.45) is 11.8 Å². The molecule has 2 aliphatic carbocycles. The topological polar surface area (TPSA) is 58.2 Å². The third-order valence-corrected chi connectivity index (χ3v) is 5.26. The summed E-state index contributed by atoms with van der Waals surface area (Å²) in [5.74, 6) is 2.05. The first kappa shape index (κ1) is 16.5. The molecule has 0 aromatic carbocycles. The van der Waals surface area contributed by atoms with Crippen molar-refractivity contribution in [1.82, 2.24) is 10.6 Å². The lowest BCUT2D eigenvalue weighted by Gasteiger charge is -2.38. The fourth-order valence-corrected chi connectivity index (χ4v) is 4.11. The molecule has 120 valence electrons. The summed E-state index contributed by atoms with van der Waals surface area (Å²) in [5, 5.41) is 6.43. The van der Waals surface area contributed by atoms with Gasteiger partial charge in [-0.1, -0.05) is 0 Å². The Bertz CT molecular complexity index is 354. The van der Waals surface area contributed by atoms with Crippen molar-refractivity contribution in [2.75, 3.05) is 6.54 Å². The van der Waals surface area contributed by atoms with Gasteiger partial charge in [-0.3, -0.25) is 9.59 Å². The van der Waals surface area contributed by atoms with Gasteiger partial charge >= 0.3 is 0 Å². The van der Waals surface area contributed by atoms with Crippen molar-refractivity contribution >= 4 is 11.7 Å². The molecule has 21 heavy (non-hydrogen) atoms. The van der Waals surface area contributed by atoms with Crippen LogP contribution in [0.2, 0.25) is 0 Å². The number of amides is 1. The standard InChI is InChI=1S/C17H30N2O2/c1-12(20)11-18-16-7-3-14(4-8-16)15-5-9-17(10-6-15)19-13(2)21/h14-18H,3-11H2,1-2H3,(H,19,21). The van der Waals surface area contributed by atoms with Gasteiger partial charge in [-0.05, 0) is 70.1 Å². The SMILES string of the molecule is CC(=O)CNC1CCC(C2CCC(NC(C)=O)CC2)CC1. The molecule has 0 aromatic rings. The Morgan fingerprint density at radius 2 is 1.29 bits per heavy atom. The molecular weight excluding hydrogens is 264 g/mol. The van der Waals surface area contributed by atoms with Crippen molar-refractivity contribution in [3.8, 4) is 0 Å². The van der Waals surface area contributed by atoms with Gasteiger partial charge in [-0.15, -0.1) is 0 Å². The smallest absolute Gasteiger partial charge is 0.217 e. The number of carbonyl (C=O) groups excluding carboxylic acids is 2. The van der Waals surface area contributed by atoms with Gasteiger partial charge in [0.1, 0.15) is 5.78 Å². The molecule has 0 radical (unpaired) electrons. The Morgan fingerprint density at radius 1 is 0.810 bits per heavy atom. The predicted molar refractivity (Wildman–Crippen MR) is 84.0 cm³/mol. The molecule has 4 nitrogen and oxygen atoms in total. The number of hydrogen-bond donors (Lipinski definition) is 2. The molecule has 4 heteroatoms. The lowest BCUT2D eigenvalue weighted by atomic mass is 9.71. The van der Waals surface area contributed by atoms with Gasteiger partial charge in [0.2, 0.25) is 5.91 Å². The number of nitrogens with one attached hydrogen (secondary N) is 2. The van der Waals surface area contributed by atoms with E-state index in [1.165, 1.54) is 38.5 Å². The molecule has 0 aromatic heterocycles. The highest BCUT2D eigenvalue weighted by atomic mass is 16.1. The van der Waals surface area contributed by atoms with Crippen LogP contribution in [0.1, 0.15) is 65.2 Å².